The van der Waals surface area contributed by atoms with Gasteiger partial charge in [0.15, 0.2) is 0 Å². The number of likely N-dealkylation sites (tertiary alicyclic amines) is 1. The van der Waals surface area contributed by atoms with Crippen molar-refractivity contribution in [2.75, 3.05) is 19.6 Å². The number of fused-ring (bicyclic) bond motifs is 1. The van der Waals surface area contributed by atoms with Crippen LogP contribution < -0.4 is 5.32 Å². The molecule has 3 rings (SSSR count). The van der Waals surface area contributed by atoms with Crippen LogP contribution in [-0.4, -0.2) is 47.6 Å². The number of alkyl halides is 2. The molecule has 2 saturated carbocycles. The van der Waals surface area contributed by atoms with Crippen molar-refractivity contribution in [1.29, 1.82) is 0 Å². The summed E-state index contributed by atoms with van der Waals surface area (Å²) >= 11 is 0. The predicted molar refractivity (Wildman–Crippen MR) is 74.7 cm³/mol. The number of amides is 2. The summed E-state index contributed by atoms with van der Waals surface area (Å²) in [5.74, 6) is -3.59. The number of aliphatic carboxylic acids is 1. The average Bonchev–Trinajstić information content (AvgIpc) is 3.07. The van der Waals surface area contributed by atoms with Gasteiger partial charge in [-0.05, 0) is 31.1 Å². The SMILES string of the molecule is O=C(NCC1CCC(F)(F)C1)N1C[C@@H]2CCC[C@@]2(C(=O)O)C1. The first-order valence-corrected chi connectivity index (χ1v) is 7.96. The van der Waals surface area contributed by atoms with Gasteiger partial charge in [-0.25, -0.2) is 13.6 Å². The minimum atomic E-state index is -2.60. The molecule has 0 aromatic heterocycles. The van der Waals surface area contributed by atoms with Crippen molar-refractivity contribution in [1.82, 2.24) is 10.2 Å². The molecule has 0 aromatic rings. The second-order valence-electron chi connectivity index (χ2n) is 7.08. The lowest BCUT2D eigenvalue weighted by Crippen LogP contribution is -2.43. The van der Waals surface area contributed by atoms with E-state index in [1.165, 1.54) is 0 Å². The number of nitrogens with one attached hydrogen (secondary N) is 1. The first-order valence-electron chi connectivity index (χ1n) is 7.96. The lowest BCUT2D eigenvalue weighted by molar-refractivity contribution is -0.149. The van der Waals surface area contributed by atoms with E-state index in [0.29, 0.717) is 19.4 Å². The van der Waals surface area contributed by atoms with Gasteiger partial charge in [-0.2, -0.15) is 0 Å². The number of urea groups is 1. The van der Waals surface area contributed by atoms with Crippen LogP contribution in [0.4, 0.5) is 13.6 Å². The first kappa shape index (κ1) is 15.5. The molecule has 1 saturated heterocycles. The van der Waals surface area contributed by atoms with Crippen molar-refractivity contribution < 1.29 is 23.5 Å². The Hall–Kier alpha value is -1.40. The topological polar surface area (TPSA) is 69.6 Å². The van der Waals surface area contributed by atoms with E-state index >= 15 is 0 Å². The highest BCUT2D eigenvalue weighted by Crippen LogP contribution is 2.48. The molecule has 124 valence electrons. The highest BCUT2D eigenvalue weighted by molar-refractivity contribution is 5.80. The highest BCUT2D eigenvalue weighted by atomic mass is 19.3. The molecule has 0 spiro atoms. The van der Waals surface area contributed by atoms with Gasteiger partial charge in [0.05, 0.1) is 5.41 Å². The van der Waals surface area contributed by atoms with E-state index < -0.39 is 17.3 Å². The number of hydrogen-bond acceptors (Lipinski definition) is 2. The van der Waals surface area contributed by atoms with E-state index in [1.807, 2.05) is 0 Å². The van der Waals surface area contributed by atoms with Crippen LogP contribution in [0.25, 0.3) is 0 Å². The van der Waals surface area contributed by atoms with Crippen LogP contribution in [0.5, 0.6) is 0 Å². The number of carbonyl (C=O) groups is 2. The fourth-order valence-electron chi connectivity index (χ4n) is 4.35. The zero-order valence-electron chi connectivity index (χ0n) is 12.5. The van der Waals surface area contributed by atoms with Gasteiger partial charge >= 0.3 is 12.0 Å². The van der Waals surface area contributed by atoms with Crippen molar-refractivity contribution in [2.45, 2.75) is 44.4 Å². The Morgan fingerprint density at radius 3 is 2.64 bits per heavy atom. The molecule has 2 amide bonds. The Morgan fingerprint density at radius 1 is 1.27 bits per heavy atom. The van der Waals surface area contributed by atoms with Gasteiger partial charge in [-0.1, -0.05) is 6.42 Å². The minimum Gasteiger partial charge on any atom is -0.481 e. The molecule has 1 heterocycles. The maximum absolute atomic E-state index is 13.1. The lowest BCUT2D eigenvalue weighted by atomic mass is 9.81. The van der Waals surface area contributed by atoms with Crippen molar-refractivity contribution in [3.8, 4) is 0 Å². The van der Waals surface area contributed by atoms with Gasteiger partial charge in [0.1, 0.15) is 0 Å². The third-order valence-corrected chi connectivity index (χ3v) is 5.63. The van der Waals surface area contributed by atoms with Crippen molar-refractivity contribution >= 4 is 12.0 Å². The molecular formula is C15H22F2N2O3. The molecule has 0 aromatic carbocycles. The van der Waals surface area contributed by atoms with E-state index in [4.69, 9.17) is 0 Å². The summed E-state index contributed by atoms with van der Waals surface area (Å²) < 4.78 is 26.3. The molecular weight excluding hydrogens is 294 g/mol. The largest absolute Gasteiger partial charge is 0.481 e. The standard InChI is InChI=1S/C15H22F2N2O3/c16-15(17)5-3-10(6-15)7-18-13(22)19-8-11-2-1-4-14(11,9-19)12(20)21/h10-11H,1-9H2,(H,18,22)(H,20,21)/t10?,11-,14+/m0/s1. The number of carboxylic acids is 1. The zero-order chi connectivity index (χ0) is 16.0. The Morgan fingerprint density at radius 2 is 2.05 bits per heavy atom. The predicted octanol–water partition coefficient (Wildman–Crippen LogP) is 2.32. The molecule has 2 aliphatic carbocycles. The number of carboxylic acid groups (broad SMARTS) is 1. The summed E-state index contributed by atoms with van der Waals surface area (Å²) in [6, 6.07) is -0.315. The molecule has 0 radical (unpaired) electrons. The quantitative estimate of drug-likeness (QED) is 0.839. The maximum Gasteiger partial charge on any atom is 0.317 e. The Bertz CT molecular complexity index is 485. The smallest absolute Gasteiger partial charge is 0.317 e. The van der Waals surface area contributed by atoms with Crippen molar-refractivity contribution in [3.05, 3.63) is 0 Å². The van der Waals surface area contributed by atoms with Crippen LogP contribution >= 0.6 is 0 Å². The van der Waals surface area contributed by atoms with Gasteiger partial charge in [-0.15, -0.1) is 0 Å². The minimum absolute atomic E-state index is 0.0200. The van der Waals surface area contributed by atoms with Gasteiger partial charge in [0.25, 0.3) is 0 Å². The van der Waals surface area contributed by atoms with E-state index in [0.717, 1.165) is 12.8 Å². The number of nitrogens with zero attached hydrogens (tertiary/aromatic N) is 1. The molecule has 3 fully saturated rings. The van der Waals surface area contributed by atoms with Crippen LogP contribution in [0.15, 0.2) is 0 Å². The second kappa shape index (κ2) is 5.35. The average molecular weight is 316 g/mol. The second-order valence-corrected chi connectivity index (χ2v) is 7.08. The van der Waals surface area contributed by atoms with E-state index in [-0.39, 0.29) is 43.8 Å². The van der Waals surface area contributed by atoms with E-state index in [9.17, 15) is 23.5 Å². The van der Waals surface area contributed by atoms with Crippen LogP contribution in [0.3, 0.4) is 0 Å². The highest BCUT2D eigenvalue weighted by Gasteiger charge is 2.55. The monoisotopic (exact) mass is 316 g/mol. The Kier molecular flexibility index (Phi) is 3.77. The molecule has 2 N–H and O–H groups in total. The molecule has 3 atom stereocenters. The van der Waals surface area contributed by atoms with Crippen LogP contribution in [-0.2, 0) is 4.79 Å². The molecule has 0 bridgehead atoms. The van der Waals surface area contributed by atoms with Gasteiger partial charge < -0.3 is 15.3 Å². The van der Waals surface area contributed by atoms with Crippen LogP contribution in [0.1, 0.15) is 38.5 Å². The normalized spacial score (nSPS) is 36.4. The summed E-state index contributed by atoms with van der Waals surface area (Å²) in [5.41, 5.74) is -0.794. The summed E-state index contributed by atoms with van der Waals surface area (Å²) in [5, 5.41) is 12.2. The third-order valence-electron chi connectivity index (χ3n) is 5.63. The summed E-state index contributed by atoms with van der Waals surface area (Å²) in [6.07, 6.45) is 2.49. The summed E-state index contributed by atoms with van der Waals surface area (Å²) in [6.45, 7) is 0.939. The molecule has 5 nitrogen and oxygen atoms in total. The Labute approximate surface area is 128 Å². The number of rotatable bonds is 3. The number of carbonyl (C=O) groups excluding carboxylic acids is 1. The van der Waals surface area contributed by atoms with Crippen molar-refractivity contribution in [3.63, 3.8) is 0 Å². The summed E-state index contributed by atoms with van der Waals surface area (Å²) in [4.78, 5) is 25.3. The molecule has 7 heteroatoms. The number of halogens is 2. The first-order chi connectivity index (χ1) is 10.3. The molecule has 22 heavy (non-hydrogen) atoms. The number of hydrogen-bond donors (Lipinski definition) is 2. The Balaban J connectivity index is 1.53. The third kappa shape index (κ3) is 2.65. The lowest BCUT2D eigenvalue weighted by Gasteiger charge is -2.23. The zero-order valence-corrected chi connectivity index (χ0v) is 12.5. The van der Waals surface area contributed by atoms with Crippen molar-refractivity contribution in [2.24, 2.45) is 17.3 Å². The molecule has 1 unspecified atom stereocenters. The molecule has 1 aliphatic heterocycles. The van der Waals surface area contributed by atoms with Gasteiger partial charge in [0.2, 0.25) is 5.92 Å². The van der Waals surface area contributed by atoms with Gasteiger partial charge in [0, 0.05) is 32.5 Å². The maximum atomic E-state index is 13.1. The fourth-order valence-corrected chi connectivity index (χ4v) is 4.35. The van der Waals surface area contributed by atoms with E-state index in [2.05, 4.69) is 5.32 Å². The summed E-state index contributed by atoms with van der Waals surface area (Å²) in [7, 11) is 0. The fraction of sp³-hybridized carbons (Fsp3) is 0.867. The van der Waals surface area contributed by atoms with Crippen LogP contribution in [0.2, 0.25) is 0 Å². The molecule has 3 aliphatic rings. The van der Waals surface area contributed by atoms with Crippen LogP contribution in [0, 0.1) is 17.3 Å². The van der Waals surface area contributed by atoms with E-state index in [1.54, 1.807) is 4.90 Å². The van der Waals surface area contributed by atoms with Gasteiger partial charge in [-0.3, -0.25) is 4.79 Å².